The maximum atomic E-state index is 13.2. The molecule has 1 N–H and O–H groups in total. The summed E-state index contributed by atoms with van der Waals surface area (Å²) in [6.07, 6.45) is 4.12. The first-order valence-corrected chi connectivity index (χ1v) is 8.23. The Kier molecular flexibility index (Phi) is 5.65. The van der Waals surface area contributed by atoms with Crippen LogP contribution in [0, 0.1) is 11.6 Å². The van der Waals surface area contributed by atoms with Gasteiger partial charge in [-0.05, 0) is 48.4 Å². The van der Waals surface area contributed by atoms with Crippen LogP contribution in [-0.2, 0) is 6.42 Å². The number of carbonyl (C=O) groups is 1. The van der Waals surface area contributed by atoms with Crippen molar-refractivity contribution in [3.8, 4) is 0 Å². The van der Waals surface area contributed by atoms with Gasteiger partial charge in [0.2, 0.25) is 0 Å². The van der Waals surface area contributed by atoms with E-state index in [0.29, 0.717) is 24.5 Å². The highest BCUT2D eigenvalue weighted by Gasteiger charge is 2.14. The minimum Gasteiger partial charge on any atom is -0.340 e. The van der Waals surface area contributed by atoms with Crippen LogP contribution in [0.25, 0.3) is 0 Å². The van der Waals surface area contributed by atoms with Crippen molar-refractivity contribution in [2.75, 3.05) is 18.9 Å². The van der Waals surface area contributed by atoms with Crippen LogP contribution in [0.3, 0.4) is 0 Å². The van der Waals surface area contributed by atoms with Crippen molar-refractivity contribution >= 4 is 17.4 Å². The zero-order valence-electron chi connectivity index (χ0n) is 14.6. The first-order valence-electron chi connectivity index (χ1n) is 8.23. The normalized spacial score (nSPS) is 10.5. The van der Waals surface area contributed by atoms with Crippen LogP contribution in [-0.4, -0.2) is 39.6 Å². The van der Waals surface area contributed by atoms with Gasteiger partial charge in [0.1, 0.15) is 0 Å². The van der Waals surface area contributed by atoms with Crippen LogP contribution in [0.5, 0.6) is 0 Å². The number of amides is 1. The van der Waals surface area contributed by atoms with Gasteiger partial charge in [0.15, 0.2) is 23.1 Å². The van der Waals surface area contributed by atoms with E-state index in [9.17, 15) is 13.6 Å². The summed E-state index contributed by atoms with van der Waals surface area (Å²) < 4.78 is 26.2. The lowest BCUT2D eigenvalue weighted by atomic mass is 10.2. The highest BCUT2D eigenvalue weighted by molar-refractivity contribution is 5.92. The number of nitrogens with one attached hydrogen (secondary N) is 1. The number of rotatable bonds is 6. The molecule has 3 rings (SSSR count). The molecule has 0 radical (unpaired) electrons. The largest absolute Gasteiger partial charge is 0.340 e. The number of aromatic nitrogens is 3. The molecule has 0 aliphatic carbocycles. The molecule has 0 aliphatic rings. The smallest absolute Gasteiger partial charge is 0.274 e. The number of benzene rings is 1. The standard InChI is InChI=1S/C19H17F2N5O/c1-26(11-8-13-6-9-22-10-7-13)19(27)17-4-5-18(25-24-17)23-14-2-3-15(20)16(21)12-14/h2-7,9-10,12H,8,11H2,1H3,(H,23,25). The topological polar surface area (TPSA) is 71.0 Å². The van der Waals surface area contributed by atoms with Crippen LogP contribution < -0.4 is 5.32 Å². The van der Waals surface area contributed by atoms with E-state index >= 15 is 0 Å². The Morgan fingerprint density at radius 3 is 2.48 bits per heavy atom. The summed E-state index contributed by atoms with van der Waals surface area (Å²) in [4.78, 5) is 17.9. The molecule has 0 unspecified atom stereocenters. The van der Waals surface area contributed by atoms with Gasteiger partial charge in [0, 0.05) is 37.7 Å². The molecule has 0 saturated carbocycles. The SMILES string of the molecule is CN(CCc1ccncc1)C(=O)c1ccc(Nc2ccc(F)c(F)c2)nn1. The molecular formula is C19H17F2N5O. The monoisotopic (exact) mass is 369 g/mol. The van der Waals surface area contributed by atoms with Crippen molar-refractivity contribution in [3.05, 3.63) is 77.8 Å². The molecule has 0 atom stereocenters. The van der Waals surface area contributed by atoms with E-state index in [4.69, 9.17) is 0 Å². The van der Waals surface area contributed by atoms with Gasteiger partial charge in [-0.3, -0.25) is 9.78 Å². The van der Waals surface area contributed by atoms with E-state index in [1.54, 1.807) is 30.4 Å². The second-order valence-corrected chi connectivity index (χ2v) is 5.89. The Labute approximate surface area is 154 Å². The summed E-state index contributed by atoms with van der Waals surface area (Å²) in [5.74, 6) is -1.83. The Balaban J connectivity index is 1.60. The fourth-order valence-electron chi connectivity index (χ4n) is 2.38. The Bertz CT molecular complexity index is 919. The molecule has 1 amide bonds. The van der Waals surface area contributed by atoms with Gasteiger partial charge < -0.3 is 10.2 Å². The molecule has 0 fully saturated rings. The van der Waals surface area contributed by atoms with Crippen LogP contribution in [0.4, 0.5) is 20.3 Å². The number of hydrogen-bond donors (Lipinski definition) is 1. The lowest BCUT2D eigenvalue weighted by Crippen LogP contribution is -2.29. The summed E-state index contributed by atoms with van der Waals surface area (Å²) in [6.45, 7) is 0.527. The summed E-state index contributed by atoms with van der Waals surface area (Å²) in [7, 11) is 1.69. The molecule has 0 bridgehead atoms. The zero-order valence-corrected chi connectivity index (χ0v) is 14.6. The van der Waals surface area contributed by atoms with Gasteiger partial charge in [0.05, 0.1) is 0 Å². The van der Waals surface area contributed by atoms with Crippen LogP contribution in [0.1, 0.15) is 16.1 Å². The number of pyridine rings is 1. The predicted octanol–water partition coefficient (Wildman–Crippen LogP) is 3.21. The van der Waals surface area contributed by atoms with Crippen LogP contribution in [0.2, 0.25) is 0 Å². The summed E-state index contributed by atoms with van der Waals surface area (Å²) in [5, 5.41) is 10.6. The number of nitrogens with zero attached hydrogens (tertiary/aromatic N) is 4. The lowest BCUT2D eigenvalue weighted by molar-refractivity contribution is 0.0789. The Hall–Kier alpha value is -3.42. The van der Waals surface area contributed by atoms with E-state index < -0.39 is 11.6 Å². The lowest BCUT2D eigenvalue weighted by Gasteiger charge is -2.16. The van der Waals surface area contributed by atoms with Crippen molar-refractivity contribution < 1.29 is 13.6 Å². The fourth-order valence-corrected chi connectivity index (χ4v) is 2.38. The highest BCUT2D eigenvalue weighted by Crippen LogP contribution is 2.17. The molecule has 0 spiro atoms. The second-order valence-electron chi connectivity index (χ2n) is 5.89. The van der Waals surface area contributed by atoms with Gasteiger partial charge in [-0.25, -0.2) is 8.78 Å². The number of likely N-dealkylation sites (N-methyl/N-ethyl adjacent to an activating group) is 1. The molecule has 1 aromatic carbocycles. The summed E-state index contributed by atoms with van der Waals surface area (Å²) in [5.41, 5.74) is 1.61. The molecule has 2 heterocycles. The molecule has 6 nitrogen and oxygen atoms in total. The van der Waals surface area contributed by atoms with E-state index in [1.807, 2.05) is 12.1 Å². The van der Waals surface area contributed by atoms with Crippen molar-refractivity contribution in [1.29, 1.82) is 0 Å². The quantitative estimate of drug-likeness (QED) is 0.722. The molecule has 2 aromatic heterocycles. The van der Waals surface area contributed by atoms with E-state index in [2.05, 4.69) is 20.5 Å². The third-order valence-electron chi connectivity index (χ3n) is 3.91. The highest BCUT2D eigenvalue weighted by atomic mass is 19.2. The van der Waals surface area contributed by atoms with Crippen molar-refractivity contribution in [2.45, 2.75) is 6.42 Å². The van der Waals surface area contributed by atoms with Gasteiger partial charge in [0.25, 0.3) is 5.91 Å². The Morgan fingerprint density at radius 2 is 1.81 bits per heavy atom. The van der Waals surface area contributed by atoms with Crippen molar-refractivity contribution in [2.24, 2.45) is 0 Å². The van der Waals surface area contributed by atoms with Crippen molar-refractivity contribution in [1.82, 2.24) is 20.1 Å². The average molecular weight is 369 g/mol. The predicted molar refractivity (Wildman–Crippen MR) is 96.6 cm³/mol. The number of carbonyl (C=O) groups excluding carboxylic acids is 1. The van der Waals surface area contributed by atoms with Crippen LogP contribution in [0.15, 0.2) is 54.9 Å². The first kappa shape index (κ1) is 18.4. The third-order valence-corrected chi connectivity index (χ3v) is 3.91. The van der Waals surface area contributed by atoms with E-state index in [0.717, 1.165) is 17.7 Å². The third kappa shape index (κ3) is 4.81. The molecule has 8 heteroatoms. The molecule has 0 saturated heterocycles. The van der Waals surface area contributed by atoms with Gasteiger partial charge in [-0.2, -0.15) is 0 Å². The van der Waals surface area contributed by atoms with Gasteiger partial charge >= 0.3 is 0 Å². The number of halogens is 2. The summed E-state index contributed by atoms with van der Waals surface area (Å²) >= 11 is 0. The summed E-state index contributed by atoms with van der Waals surface area (Å²) in [6, 6.07) is 10.3. The fraction of sp³-hybridized carbons (Fsp3) is 0.158. The second kappa shape index (κ2) is 8.31. The first-order chi connectivity index (χ1) is 13.0. The van der Waals surface area contributed by atoms with Crippen molar-refractivity contribution in [3.63, 3.8) is 0 Å². The molecule has 27 heavy (non-hydrogen) atoms. The minimum atomic E-state index is -0.962. The van der Waals surface area contributed by atoms with Crippen LogP contribution >= 0.6 is 0 Å². The van der Waals surface area contributed by atoms with E-state index in [-0.39, 0.29) is 11.6 Å². The maximum Gasteiger partial charge on any atom is 0.274 e. The number of hydrogen-bond acceptors (Lipinski definition) is 5. The molecular weight excluding hydrogens is 352 g/mol. The molecule has 3 aromatic rings. The average Bonchev–Trinajstić information content (AvgIpc) is 2.70. The van der Waals surface area contributed by atoms with E-state index in [1.165, 1.54) is 12.1 Å². The van der Waals surface area contributed by atoms with Gasteiger partial charge in [-0.1, -0.05) is 0 Å². The minimum absolute atomic E-state index is 0.197. The van der Waals surface area contributed by atoms with Gasteiger partial charge in [-0.15, -0.1) is 10.2 Å². The number of anilines is 2. The molecule has 138 valence electrons. The maximum absolute atomic E-state index is 13.2. The Morgan fingerprint density at radius 1 is 1.04 bits per heavy atom. The molecule has 0 aliphatic heterocycles. The zero-order chi connectivity index (χ0) is 19.2.